The number of imide groups is 1. The van der Waals surface area contributed by atoms with E-state index in [0.29, 0.717) is 23.1 Å². The number of aromatic amines is 1. The molecule has 1 saturated carbocycles. The number of ether oxygens (including phenoxy) is 1. The molecule has 1 aliphatic carbocycles. The van der Waals surface area contributed by atoms with Gasteiger partial charge in [0.25, 0.3) is 11.5 Å². The molecule has 2 aromatic heterocycles. The Morgan fingerprint density at radius 1 is 1.31 bits per heavy atom. The van der Waals surface area contributed by atoms with Crippen LogP contribution >= 0.6 is 11.3 Å². The largest absolute Gasteiger partial charge is 0.456 e. The molecule has 3 heterocycles. The number of nitrogens with zero attached hydrogens (tertiary/aromatic N) is 2. The Kier molecular flexibility index (Phi) is 3.98. The van der Waals surface area contributed by atoms with Crippen molar-refractivity contribution >= 4 is 39.5 Å². The van der Waals surface area contributed by atoms with Gasteiger partial charge in [0.15, 0.2) is 0 Å². The second kappa shape index (κ2) is 6.20. The summed E-state index contributed by atoms with van der Waals surface area (Å²) in [7, 11) is 0. The monoisotopic (exact) mass is 376 g/mol. The highest BCUT2D eigenvalue weighted by Crippen LogP contribution is 2.34. The van der Waals surface area contributed by atoms with E-state index in [1.54, 1.807) is 11.4 Å². The van der Waals surface area contributed by atoms with Crippen molar-refractivity contribution in [2.75, 3.05) is 6.54 Å². The summed E-state index contributed by atoms with van der Waals surface area (Å²) < 4.78 is 5.58. The van der Waals surface area contributed by atoms with Crippen LogP contribution in [0.2, 0.25) is 0 Å². The van der Waals surface area contributed by atoms with Crippen LogP contribution in [0, 0.1) is 0 Å². The van der Waals surface area contributed by atoms with Crippen molar-refractivity contribution in [2.24, 2.45) is 0 Å². The van der Waals surface area contributed by atoms with E-state index in [0.717, 1.165) is 17.7 Å². The lowest BCUT2D eigenvalue weighted by Crippen LogP contribution is -2.44. The zero-order valence-electron chi connectivity index (χ0n) is 13.7. The molecule has 9 nitrogen and oxygen atoms in total. The number of H-pyrrole nitrogens is 1. The first kappa shape index (κ1) is 16.7. The first-order chi connectivity index (χ1) is 12.5. The van der Waals surface area contributed by atoms with E-state index in [-0.39, 0.29) is 23.9 Å². The molecule has 0 unspecified atom stereocenters. The van der Waals surface area contributed by atoms with Crippen LogP contribution in [0.4, 0.5) is 4.79 Å². The lowest BCUT2D eigenvalue weighted by atomic mass is 9.98. The van der Waals surface area contributed by atoms with Gasteiger partial charge >= 0.3 is 12.0 Å². The molecule has 2 fully saturated rings. The van der Waals surface area contributed by atoms with E-state index in [1.807, 2.05) is 0 Å². The number of carbonyl (C=O) groups is 3. The van der Waals surface area contributed by atoms with Gasteiger partial charge in [-0.2, -0.15) is 0 Å². The van der Waals surface area contributed by atoms with E-state index in [9.17, 15) is 19.2 Å². The van der Waals surface area contributed by atoms with Crippen LogP contribution in [-0.4, -0.2) is 44.9 Å². The van der Waals surface area contributed by atoms with Crippen molar-refractivity contribution in [3.05, 3.63) is 27.6 Å². The second-order valence-electron chi connectivity index (χ2n) is 6.42. The van der Waals surface area contributed by atoms with Gasteiger partial charge in [-0.05, 0) is 24.3 Å². The zero-order valence-corrected chi connectivity index (χ0v) is 14.6. The van der Waals surface area contributed by atoms with Crippen LogP contribution in [-0.2, 0) is 20.9 Å². The van der Waals surface area contributed by atoms with Gasteiger partial charge in [-0.25, -0.2) is 9.78 Å². The highest BCUT2D eigenvalue weighted by molar-refractivity contribution is 7.17. The van der Waals surface area contributed by atoms with E-state index < -0.39 is 24.1 Å². The molecule has 136 valence electrons. The lowest BCUT2D eigenvalue weighted by Gasteiger charge is -2.19. The van der Waals surface area contributed by atoms with Crippen molar-refractivity contribution in [1.82, 2.24) is 20.2 Å². The number of rotatable bonds is 4. The molecule has 2 aliphatic rings. The van der Waals surface area contributed by atoms with Crippen molar-refractivity contribution < 1.29 is 19.1 Å². The Balaban J connectivity index is 1.40. The van der Waals surface area contributed by atoms with Crippen molar-refractivity contribution in [3.8, 4) is 0 Å². The normalized spacial score (nSPS) is 18.7. The number of thiophene rings is 1. The molecule has 1 spiro atoms. The number of urea groups is 1. The van der Waals surface area contributed by atoms with Gasteiger partial charge in [0.2, 0.25) is 0 Å². The van der Waals surface area contributed by atoms with E-state index in [1.165, 1.54) is 11.3 Å². The minimum absolute atomic E-state index is 0.207. The lowest BCUT2D eigenvalue weighted by molar-refractivity contribution is -0.149. The Bertz CT molecular complexity index is 959. The summed E-state index contributed by atoms with van der Waals surface area (Å²) in [6.07, 6.45) is 2.92. The maximum Gasteiger partial charge on any atom is 0.326 e. The predicted molar refractivity (Wildman–Crippen MR) is 91.5 cm³/mol. The maximum absolute atomic E-state index is 12.5. The molecule has 10 heteroatoms. The third-order valence-electron chi connectivity index (χ3n) is 4.72. The summed E-state index contributed by atoms with van der Waals surface area (Å²) in [6.45, 7) is -0.702. The number of carbonyl (C=O) groups excluding carboxylic acids is 3. The van der Waals surface area contributed by atoms with Crippen LogP contribution in [0.1, 0.15) is 31.5 Å². The number of amides is 3. The van der Waals surface area contributed by atoms with Crippen LogP contribution in [0.3, 0.4) is 0 Å². The van der Waals surface area contributed by atoms with Gasteiger partial charge in [-0.3, -0.25) is 19.3 Å². The Morgan fingerprint density at radius 3 is 2.85 bits per heavy atom. The van der Waals surface area contributed by atoms with Crippen LogP contribution in [0.15, 0.2) is 16.2 Å². The van der Waals surface area contributed by atoms with Crippen LogP contribution < -0.4 is 10.9 Å². The standard InChI is InChI=1S/C16H16N4O5S/c21-11(7-20-14(23)16(19-15(20)24)4-1-2-5-16)25-8-10-17-9-3-6-26-12(9)13(22)18-10/h3,6H,1-2,4-5,7-8H2,(H,19,24)(H,17,18,22). The average Bonchev–Trinajstić information content (AvgIpc) is 3.31. The van der Waals surface area contributed by atoms with E-state index in [2.05, 4.69) is 15.3 Å². The number of aromatic nitrogens is 2. The Hall–Kier alpha value is -2.75. The highest BCUT2D eigenvalue weighted by Gasteiger charge is 2.52. The van der Waals surface area contributed by atoms with Crippen molar-refractivity contribution in [3.63, 3.8) is 0 Å². The van der Waals surface area contributed by atoms with Crippen molar-refractivity contribution in [2.45, 2.75) is 37.8 Å². The fourth-order valence-corrected chi connectivity index (χ4v) is 4.18. The topological polar surface area (TPSA) is 121 Å². The summed E-state index contributed by atoms with van der Waals surface area (Å²) in [6, 6.07) is 1.13. The van der Waals surface area contributed by atoms with Gasteiger partial charge < -0.3 is 15.0 Å². The minimum Gasteiger partial charge on any atom is -0.456 e. The third kappa shape index (κ3) is 2.75. The highest BCUT2D eigenvalue weighted by atomic mass is 32.1. The number of esters is 1. The predicted octanol–water partition coefficient (Wildman–Crippen LogP) is 0.892. The molecule has 0 bridgehead atoms. The molecule has 0 aromatic carbocycles. The molecule has 2 aromatic rings. The van der Waals surface area contributed by atoms with Crippen molar-refractivity contribution in [1.29, 1.82) is 0 Å². The van der Waals surface area contributed by atoms with Gasteiger partial charge in [-0.15, -0.1) is 11.3 Å². The molecule has 3 amide bonds. The van der Waals surface area contributed by atoms with Gasteiger partial charge in [-0.1, -0.05) is 12.8 Å². The van der Waals surface area contributed by atoms with Gasteiger partial charge in [0.1, 0.15) is 29.2 Å². The summed E-state index contributed by atoms with van der Waals surface area (Å²) in [5.74, 6) is -0.904. The van der Waals surface area contributed by atoms with Crippen LogP contribution in [0.25, 0.3) is 10.2 Å². The zero-order chi connectivity index (χ0) is 18.3. The Labute approximate surface area is 151 Å². The summed E-state index contributed by atoms with van der Waals surface area (Å²) >= 11 is 1.28. The smallest absolute Gasteiger partial charge is 0.326 e. The molecule has 1 saturated heterocycles. The summed E-state index contributed by atoms with van der Waals surface area (Å²) in [5, 5.41) is 4.45. The number of hydrogen-bond donors (Lipinski definition) is 2. The number of hydrogen-bond acceptors (Lipinski definition) is 7. The number of nitrogens with one attached hydrogen (secondary N) is 2. The number of fused-ring (bicyclic) bond motifs is 1. The average molecular weight is 376 g/mol. The SMILES string of the molecule is O=C(CN1C(=O)NC2(CCCC2)C1=O)OCc1nc2ccsc2c(=O)[nH]1. The first-order valence-electron chi connectivity index (χ1n) is 8.25. The van der Waals surface area contributed by atoms with Gasteiger partial charge in [0.05, 0.1) is 5.52 Å². The van der Waals surface area contributed by atoms with E-state index in [4.69, 9.17) is 4.74 Å². The molecule has 0 atom stereocenters. The molecule has 1 aliphatic heterocycles. The first-order valence-corrected chi connectivity index (χ1v) is 9.13. The quantitative estimate of drug-likeness (QED) is 0.604. The molecule has 0 radical (unpaired) electrons. The fraction of sp³-hybridized carbons (Fsp3) is 0.438. The summed E-state index contributed by atoms with van der Waals surface area (Å²) in [4.78, 5) is 56.1. The van der Waals surface area contributed by atoms with E-state index >= 15 is 0 Å². The van der Waals surface area contributed by atoms with Gasteiger partial charge in [0, 0.05) is 0 Å². The molecular weight excluding hydrogens is 360 g/mol. The summed E-state index contributed by atoms with van der Waals surface area (Å²) in [5.41, 5.74) is -0.621. The molecule has 4 rings (SSSR count). The second-order valence-corrected chi connectivity index (χ2v) is 7.34. The maximum atomic E-state index is 12.5. The fourth-order valence-electron chi connectivity index (χ4n) is 3.45. The van der Waals surface area contributed by atoms with Crippen LogP contribution in [0.5, 0.6) is 0 Å². The Morgan fingerprint density at radius 2 is 2.08 bits per heavy atom. The molecule has 26 heavy (non-hydrogen) atoms. The third-order valence-corrected chi connectivity index (χ3v) is 5.63. The molecule has 2 N–H and O–H groups in total. The molecular formula is C16H16N4O5S. The minimum atomic E-state index is -0.853.